The van der Waals surface area contributed by atoms with E-state index in [1.807, 2.05) is 35.2 Å². The number of carbonyl (C=O) groups is 2. The molecule has 8 nitrogen and oxygen atoms in total. The van der Waals surface area contributed by atoms with Gasteiger partial charge in [-0.3, -0.25) is 15.0 Å². The van der Waals surface area contributed by atoms with Crippen LogP contribution in [0, 0.1) is 5.82 Å². The van der Waals surface area contributed by atoms with Gasteiger partial charge in [-0.2, -0.15) is 4.98 Å². The zero-order valence-corrected chi connectivity index (χ0v) is 16.7. The minimum atomic E-state index is -0.892. The molecule has 0 radical (unpaired) electrons. The maximum absolute atomic E-state index is 13.5. The van der Waals surface area contributed by atoms with E-state index in [1.165, 1.54) is 12.1 Å². The van der Waals surface area contributed by atoms with Crippen molar-refractivity contribution in [1.82, 2.24) is 20.4 Å². The lowest BCUT2D eigenvalue weighted by molar-refractivity contribution is -0.126. The number of hydrogen-bond acceptors (Lipinski definition) is 6. The van der Waals surface area contributed by atoms with Gasteiger partial charge in [-0.25, -0.2) is 9.18 Å². The van der Waals surface area contributed by atoms with Crippen molar-refractivity contribution in [3.63, 3.8) is 0 Å². The van der Waals surface area contributed by atoms with Crippen molar-refractivity contribution in [2.75, 3.05) is 13.1 Å². The van der Waals surface area contributed by atoms with Crippen LogP contribution in [0.3, 0.4) is 0 Å². The Kier molecular flexibility index (Phi) is 6.03. The Morgan fingerprint density at radius 2 is 2.00 bits per heavy atom. The molecule has 2 aromatic carbocycles. The van der Waals surface area contributed by atoms with E-state index in [1.54, 1.807) is 12.1 Å². The first-order chi connectivity index (χ1) is 15.0. The summed E-state index contributed by atoms with van der Waals surface area (Å²) >= 11 is 0. The fourth-order valence-electron chi connectivity index (χ4n) is 3.94. The Morgan fingerprint density at radius 3 is 2.74 bits per heavy atom. The molecule has 9 heteroatoms. The van der Waals surface area contributed by atoms with Crippen LogP contribution in [0.4, 0.5) is 9.18 Å². The van der Waals surface area contributed by atoms with E-state index in [-0.39, 0.29) is 11.7 Å². The summed E-state index contributed by atoms with van der Waals surface area (Å²) in [6.45, 7) is 1.14. The summed E-state index contributed by atoms with van der Waals surface area (Å²) in [5.74, 6) is -0.205. The molecule has 0 saturated carbocycles. The predicted molar refractivity (Wildman–Crippen MR) is 110 cm³/mol. The van der Waals surface area contributed by atoms with Crippen molar-refractivity contribution in [2.24, 2.45) is 5.73 Å². The number of aromatic nitrogens is 2. The average Bonchev–Trinajstić information content (AvgIpc) is 3.25. The van der Waals surface area contributed by atoms with E-state index >= 15 is 0 Å². The number of piperidine rings is 1. The maximum atomic E-state index is 13.5. The second-order valence-electron chi connectivity index (χ2n) is 7.47. The van der Waals surface area contributed by atoms with Crippen LogP contribution in [0.1, 0.15) is 36.3 Å². The Bertz CT molecular complexity index is 1070. The summed E-state index contributed by atoms with van der Waals surface area (Å²) in [4.78, 5) is 30.5. The molecule has 2 atom stereocenters. The van der Waals surface area contributed by atoms with Gasteiger partial charge in [-0.15, -0.1) is 0 Å². The Morgan fingerprint density at radius 1 is 1.19 bits per heavy atom. The molecule has 1 saturated heterocycles. The molecule has 3 aromatic rings. The molecule has 31 heavy (non-hydrogen) atoms. The number of primary amides is 1. The quantitative estimate of drug-likeness (QED) is 0.652. The molecule has 0 aliphatic carbocycles. The average molecular weight is 423 g/mol. The third-order valence-corrected chi connectivity index (χ3v) is 5.30. The normalized spacial score (nSPS) is 17.8. The van der Waals surface area contributed by atoms with Crippen LogP contribution in [0.5, 0.6) is 0 Å². The van der Waals surface area contributed by atoms with Crippen LogP contribution >= 0.6 is 0 Å². The molecule has 0 spiro atoms. The molecule has 160 valence electrons. The zero-order valence-electron chi connectivity index (χ0n) is 16.7. The Labute approximate surface area is 178 Å². The van der Waals surface area contributed by atoms with E-state index in [2.05, 4.69) is 15.5 Å². The van der Waals surface area contributed by atoms with Crippen molar-refractivity contribution in [3.05, 3.63) is 71.9 Å². The van der Waals surface area contributed by atoms with Gasteiger partial charge in [-0.1, -0.05) is 47.6 Å². The van der Waals surface area contributed by atoms with E-state index in [0.29, 0.717) is 30.4 Å². The smallest absolute Gasteiger partial charge is 0.318 e. The van der Waals surface area contributed by atoms with Crippen molar-refractivity contribution in [2.45, 2.75) is 24.8 Å². The molecular weight excluding hydrogens is 401 g/mol. The van der Waals surface area contributed by atoms with Gasteiger partial charge in [0.2, 0.25) is 17.6 Å². The molecule has 0 bridgehead atoms. The molecule has 1 aromatic heterocycles. The number of nitrogens with one attached hydrogen (secondary N) is 1. The molecule has 2 heterocycles. The van der Waals surface area contributed by atoms with E-state index in [9.17, 15) is 14.0 Å². The number of urea groups is 1. The number of benzene rings is 2. The minimum Gasteiger partial charge on any atom is -0.351 e. The van der Waals surface area contributed by atoms with Crippen LogP contribution in [-0.2, 0) is 4.79 Å². The fraction of sp³-hybridized carbons (Fsp3) is 0.273. The van der Waals surface area contributed by atoms with Gasteiger partial charge in [0.25, 0.3) is 0 Å². The highest BCUT2D eigenvalue weighted by Crippen LogP contribution is 2.32. The topological polar surface area (TPSA) is 114 Å². The van der Waals surface area contributed by atoms with Crippen molar-refractivity contribution in [3.8, 4) is 11.4 Å². The van der Waals surface area contributed by atoms with E-state index < -0.39 is 18.0 Å². The van der Waals surface area contributed by atoms with Gasteiger partial charge >= 0.3 is 6.03 Å². The number of carbonyl (C=O) groups excluding carboxylic acids is 2. The molecule has 1 aliphatic rings. The van der Waals surface area contributed by atoms with Gasteiger partial charge in [0.1, 0.15) is 11.9 Å². The summed E-state index contributed by atoms with van der Waals surface area (Å²) < 4.78 is 19.0. The molecule has 1 aliphatic heterocycles. The number of imide groups is 1. The predicted octanol–water partition coefficient (Wildman–Crippen LogP) is 2.99. The molecule has 3 amide bonds. The van der Waals surface area contributed by atoms with E-state index in [4.69, 9.17) is 10.3 Å². The van der Waals surface area contributed by atoms with Crippen LogP contribution in [-0.4, -0.2) is 40.1 Å². The fourth-order valence-corrected chi connectivity index (χ4v) is 3.94. The number of hydrogen-bond donors (Lipinski definition) is 2. The third kappa shape index (κ3) is 4.77. The van der Waals surface area contributed by atoms with Crippen LogP contribution < -0.4 is 11.1 Å². The van der Waals surface area contributed by atoms with Gasteiger partial charge in [0.15, 0.2) is 0 Å². The van der Waals surface area contributed by atoms with Crippen LogP contribution in [0.2, 0.25) is 0 Å². The van der Waals surface area contributed by atoms with Crippen molar-refractivity contribution < 1.29 is 18.5 Å². The number of likely N-dealkylation sites (tertiary alicyclic amines) is 1. The summed E-state index contributed by atoms with van der Waals surface area (Å²) in [6.07, 6.45) is 1.61. The van der Waals surface area contributed by atoms with Crippen molar-refractivity contribution in [1.29, 1.82) is 0 Å². The maximum Gasteiger partial charge on any atom is 0.318 e. The van der Waals surface area contributed by atoms with Crippen LogP contribution in [0.25, 0.3) is 11.4 Å². The summed E-state index contributed by atoms with van der Waals surface area (Å²) in [5.41, 5.74) is 6.47. The lowest BCUT2D eigenvalue weighted by Gasteiger charge is -2.36. The highest BCUT2D eigenvalue weighted by atomic mass is 19.1. The standard InChI is InChI=1S/C22H22FN5O3/c23-17-10-4-8-15(12-17)19-25-21(31-27-19)16-9-5-11-28(13-16)18(20(29)26-22(24)30)14-6-2-1-3-7-14/h1-4,6-8,10,12,16,18H,5,9,11,13H2,(H3,24,26,29,30). The third-order valence-electron chi connectivity index (χ3n) is 5.30. The van der Waals surface area contributed by atoms with Gasteiger partial charge < -0.3 is 10.3 Å². The largest absolute Gasteiger partial charge is 0.351 e. The first-order valence-corrected chi connectivity index (χ1v) is 10.00. The Balaban J connectivity index is 1.56. The monoisotopic (exact) mass is 423 g/mol. The van der Waals surface area contributed by atoms with E-state index in [0.717, 1.165) is 18.4 Å². The lowest BCUT2D eigenvalue weighted by Crippen LogP contribution is -2.47. The SMILES string of the molecule is NC(=O)NC(=O)C(c1ccccc1)N1CCCC(c2nc(-c3cccc(F)c3)no2)C1. The minimum absolute atomic E-state index is 0.101. The molecule has 3 N–H and O–H groups in total. The van der Waals surface area contributed by atoms with Gasteiger partial charge in [0.05, 0.1) is 5.92 Å². The molecular formula is C22H22FN5O3. The summed E-state index contributed by atoms with van der Waals surface area (Å²) in [5, 5.41) is 6.19. The zero-order chi connectivity index (χ0) is 21.8. The lowest BCUT2D eigenvalue weighted by atomic mass is 9.94. The first-order valence-electron chi connectivity index (χ1n) is 10.00. The number of nitrogens with zero attached hydrogens (tertiary/aromatic N) is 3. The number of nitrogens with two attached hydrogens (primary N) is 1. The molecule has 4 rings (SSSR count). The highest BCUT2D eigenvalue weighted by molar-refractivity contribution is 5.96. The molecule has 2 unspecified atom stereocenters. The first kappa shape index (κ1) is 20.7. The van der Waals surface area contributed by atoms with Gasteiger partial charge in [-0.05, 0) is 37.1 Å². The van der Waals surface area contributed by atoms with Crippen LogP contribution in [0.15, 0.2) is 59.1 Å². The molecule has 1 fully saturated rings. The number of rotatable bonds is 5. The Hall–Kier alpha value is -3.59. The van der Waals surface area contributed by atoms with Gasteiger partial charge in [0, 0.05) is 12.1 Å². The number of halogens is 1. The summed E-state index contributed by atoms with van der Waals surface area (Å²) in [7, 11) is 0. The summed E-state index contributed by atoms with van der Waals surface area (Å²) in [6, 6.07) is 13.6. The second kappa shape index (κ2) is 9.05. The number of amides is 3. The highest BCUT2D eigenvalue weighted by Gasteiger charge is 2.34. The van der Waals surface area contributed by atoms with Crippen molar-refractivity contribution >= 4 is 11.9 Å². The second-order valence-corrected chi connectivity index (χ2v) is 7.47.